The highest BCUT2D eigenvalue weighted by molar-refractivity contribution is 7.13. The number of hydrogen-bond donors (Lipinski definition) is 4. The van der Waals surface area contributed by atoms with Crippen LogP contribution in [0.15, 0.2) is 17.5 Å². The second-order valence-corrected chi connectivity index (χ2v) is 4.61. The lowest BCUT2D eigenvalue weighted by Crippen LogP contribution is -1.95. The Morgan fingerprint density at radius 2 is 1.95 bits per heavy atom. The zero-order chi connectivity index (χ0) is 13.6. The summed E-state index contributed by atoms with van der Waals surface area (Å²) in [7, 11) is 0. The number of benzene rings is 1. The van der Waals surface area contributed by atoms with E-state index in [-0.39, 0.29) is 28.2 Å². The van der Waals surface area contributed by atoms with Gasteiger partial charge in [-0.05, 0) is 12.1 Å². The molecule has 0 bridgehead atoms. The minimum atomic E-state index is -1.12. The summed E-state index contributed by atoms with van der Waals surface area (Å²) >= 11 is 1.11. The van der Waals surface area contributed by atoms with Crippen molar-refractivity contribution in [1.29, 1.82) is 0 Å². The average molecular weight is 277 g/mol. The predicted molar refractivity (Wildman–Crippen MR) is 67.5 cm³/mol. The van der Waals surface area contributed by atoms with Crippen LogP contribution in [-0.2, 0) is 0 Å². The summed E-state index contributed by atoms with van der Waals surface area (Å²) in [6.45, 7) is 0. The number of fused-ring (bicyclic) bond motifs is 1. The number of nitrogens with zero attached hydrogens (tertiary/aromatic N) is 2. The molecule has 0 saturated heterocycles. The van der Waals surface area contributed by atoms with Crippen molar-refractivity contribution in [3.05, 3.63) is 23.2 Å². The van der Waals surface area contributed by atoms with Crippen LogP contribution in [0.25, 0.3) is 21.9 Å². The van der Waals surface area contributed by atoms with Gasteiger partial charge >= 0.3 is 5.97 Å². The van der Waals surface area contributed by atoms with Crippen molar-refractivity contribution in [2.45, 2.75) is 0 Å². The molecule has 96 valence electrons. The second-order valence-electron chi connectivity index (χ2n) is 3.76. The van der Waals surface area contributed by atoms with Gasteiger partial charge in [0.2, 0.25) is 0 Å². The zero-order valence-electron chi connectivity index (χ0n) is 9.28. The molecule has 8 heteroatoms. The fourth-order valence-electron chi connectivity index (χ4n) is 1.65. The summed E-state index contributed by atoms with van der Waals surface area (Å²) in [5, 5.41) is 29.9. The van der Waals surface area contributed by atoms with Crippen molar-refractivity contribution < 1.29 is 20.1 Å². The van der Waals surface area contributed by atoms with Crippen LogP contribution < -0.4 is 0 Å². The van der Waals surface area contributed by atoms with E-state index in [1.54, 1.807) is 0 Å². The maximum absolute atomic E-state index is 10.8. The summed E-state index contributed by atoms with van der Waals surface area (Å²) in [4.78, 5) is 21.6. The third kappa shape index (κ3) is 1.78. The van der Waals surface area contributed by atoms with Crippen molar-refractivity contribution in [2.24, 2.45) is 0 Å². The topological polar surface area (TPSA) is 119 Å². The van der Waals surface area contributed by atoms with Gasteiger partial charge in [-0.2, -0.15) is 0 Å². The molecule has 0 spiro atoms. The number of nitrogens with one attached hydrogen (secondary N) is 1. The number of phenolic OH excluding ortho intramolecular Hbond substituents is 2. The quantitative estimate of drug-likeness (QED) is 0.530. The molecule has 0 unspecified atom stereocenters. The number of aromatic amines is 1. The Balaban J connectivity index is 2.17. The van der Waals surface area contributed by atoms with Crippen molar-refractivity contribution in [3.8, 4) is 22.3 Å². The van der Waals surface area contributed by atoms with Gasteiger partial charge in [0.25, 0.3) is 0 Å². The van der Waals surface area contributed by atoms with Crippen LogP contribution in [0.2, 0.25) is 0 Å². The summed E-state index contributed by atoms with van der Waals surface area (Å²) in [6.07, 6.45) is 0. The molecule has 7 nitrogen and oxygen atoms in total. The Labute approximate surface area is 109 Å². The first-order valence-corrected chi connectivity index (χ1v) is 6.04. The summed E-state index contributed by atoms with van der Waals surface area (Å²) in [6, 6.07) is 2.66. The standard InChI is InChI=1S/C11H7N3O4S/c15-5-1-2-6(16)8-7(5)13-9(14-8)10-12-4(3-19-10)11(17)18/h1-3,15-16H,(H,13,14)(H,17,18). The molecule has 2 heterocycles. The van der Waals surface area contributed by atoms with Gasteiger partial charge < -0.3 is 20.3 Å². The van der Waals surface area contributed by atoms with Crippen molar-refractivity contribution in [1.82, 2.24) is 15.0 Å². The van der Waals surface area contributed by atoms with Gasteiger partial charge in [0.05, 0.1) is 0 Å². The number of phenols is 2. The number of carboxylic acids is 1. The van der Waals surface area contributed by atoms with Crippen LogP contribution in [0.1, 0.15) is 10.5 Å². The van der Waals surface area contributed by atoms with Crippen LogP contribution in [0.3, 0.4) is 0 Å². The second kappa shape index (κ2) is 3.95. The van der Waals surface area contributed by atoms with E-state index >= 15 is 0 Å². The van der Waals surface area contributed by atoms with Gasteiger partial charge in [0.1, 0.15) is 22.5 Å². The first-order chi connectivity index (χ1) is 9.06. The fourth-order valence-corrected chi connectivity index (χ4v) is 2.38. The molecule has 0 saturated carbocycles. The number of aromatic nitrogens is 3. The molecule has 0 radical (unpaired) electrons. The maximum atomic E-state index is 10.8. The van der Waals surface area contributed by atoms with E-state index in [1.807, 2.05) is 0 Å². The molecule has 0 amide bonds. The Hall–Kier alpha value is -2.61. The number of imidazole rings is 1. The third-order valence-electron chi connectivity index (χ3n) is 2.53. The van der Waals surface area contributed by atoms with Crippen molar-refractivity contribution in [2.75, 3.05) is 0 Å². The lowest BCUT2D eigenvalue weighted by Gasteiger charge is -1.94. The number of H-pyrrole nitrogens is 1. The number of carboxylic acid groups (broad SMARTS) is 1. The maximum Gasteiger partial charge on any atom is 0.355 e. The monoisotopic (exact) mass is 277 g/mol. The highest BCUT2D eigenvalue weighted by Gasteiger charge is 2.16. The molecule has 19 heavy (non-hydrogen) atoms. The van der Waals surface area contributed by atoms with Crippen molar-refractivity contribution >= 4 is 28.3 Å². The van der Waals surface area contributed by atoms with E-state index in [2.05, 4.69) is 15.0 Å². The van der Waals surface area contributed by atoms with E-state index in [0.717, 1.165) is 11.3 Å². The van der Waals surface area contributed by atoms with E-state index in [4.69, 9.17) is 5.11 Å². The highest BCUT2D eigenvalue weighted by atomic mass is 32.1. The summed E-state index contributed by atoms with van der Waals surface area (Å²) in [5.41, 5.74) is 0.415. The number of aromatic carboxylic acids is 1. The van der Waals surface area contributed by atoms with Crippen LogP contribution in [0.4, 0.5) is 0 Å². The zero-order valence-corrected chi connectivity index (χ0v) is 10.1. The molecule has 3 rings (SSSR count). The normalized spacial score (nSPS) is 10.9. The van der Waals surface area contributed by atoms with Gasteiger partial charge in [0.15, 0.2) is 16.5 Å². The Bertz CT molecular complexity index is 753. The first kappa shape index (κ1) is 11.5. The molecular formula is C11H7N3O4S. The van der Waals surface area contributed by atoms with E-state index in [9.17, 15) is 15.0 Å². The van der Waals surface area contributed by atoms with Gasteiger partial charge in [-0.1, -0.05) is 0 Å². The molecule has 2 aromatic heterocycles. The smallest absolute Gasteiger partial charge is 0.355 e. The third-order valence-corrected chi connectivity index (χ3v) is 3.38. The molecule has 1 aromatic carbocycles. The van der Waals surface area contributed by atoms with Crippen LogP contribution >= 0.6 is 11.3 Å². The number of hydrogen-bond acceptors (Lipinski definition) is 6. The number of thiazole rings is 1. The molecular weight excluding hydrogens is 270 g/mol. The number of carbonyl (C=O) groups is 1. The average Bonchev–Trinajstić information content (AvgIpc) is 2.99. The molecule has 0 aliphatic rings. The van der Waals surface area contributed by atoms with Gasteiger partial charge in [0, 0.05) is 5.38 Å². The van der Waals surface area contributed by atoms with Crippen LogP contribution in [0, 0.1) is 0 Å². The lowest BCUT2D eigenvalue weighted by molar-refractivity contribution is 0.0691. The molecule has 0 atom stereocenters. The highest BCUT2D eigenvalue weighted by Crippen LogP contribution is 2.32. The van der Waals surface area contributed by atoms with E-state index < -0.39 is 5.97 Å². The van der Waals surface area contributed by atoms with Gasteiger partial charge in [-0.3, -0.25) is 0 Å². The van der Waals surface area contributed by atoms with Crippen LogP contribution in [-0.4, -0.2) is 36.2 Å². The molecule has 4 N–H and O–H groups in total. The lowest BCUT2D eigenvalue weighted by atomic mass is 10.3. The van der Waals surface area contributed by atoms with Crippen LogP contribution in [0.5, 0.6) is 11.5 Å². The Morgan fingerprint density at radius 1 is 1.21 bits per heavy atom. The minimum Gasteiger partial charge on any atom is -0.506 e. The number of rotatable bonds is 2. The minimum absolute atomic E-state index is 0.0541. The molecule has 0 aliphatic carbocycles. The van der Waals surface area contributed by atoms with E-state index in [1.165, 1.54) is 17.5 Å². The first-order valence-electron chi connectivity index (χ1n) is 5.16. The Kier molecular flexibility index (Phi) is 2.39. The fraction of sp³-hybridized carbons (Fsp3) is 0. The molecule has 3 aromatic rings. The largest absolute Gasteiger partial charge is 0.506 e. The SMILES string of the molecule is O=C(O)c1csc(-c2nc3c(O)ccc(O)c3[nH]2)n1. The summed E-state index contributed by atoms with van der Waals surface area (Å²) in [5.74, 6) is -0.958. The van der Waals surface area contributed by atoms with Gasteiger partial charge in [-0.25, -0.2) is 14.8 Å². The molecule has 0 fully saturated rings. The van der Waals surface area contributed by atoms with E-state index in [0.29, 0.717) is 10.8 Å². The molecule has 0 aliphatic heterocycles. The van der Waals surface area contributed by atoms with Crippen molar-refractivity contribution in [3.63, 3.8) is 0 Å². The predicted octanol–water partition coefficient (Wildman–Crippen LogP) is 1.80. The summed E-state index contributed by atoms with van der Waals surface area (Å²) < 4.78 is 0. The number of aromatic hydroxyl groups is 2. The van der Waals surface area contributed by atoms with Gasteiger partial charge in [-0.15, -0.1) is 11.3 Å². The Morgan fingerprint density at radius 3 is 2.58 bits per heavy atom.